The third-order valence-electron chi connectivity index (χ3n) is 5.15. The Morgan fingerprint density at radius 2 is 1.91 bits per heavy atom. The highest BCUT2D eigenvalue weighted by atomic mass is 35.5. The summed E-state index contributed by atoms with van der Waals surface area (Å²) in [5.74, 6) is 0.131. The molecule has 1 aromatic rings. The van der Waals surface area contributed by atoms with Crippen molar-refractivity contribution in [2.24, 2.45) is 0 Å². The third kappa shape index (κ3) is 4.25. The van der Waals surface area contributed by atoms with E-state index in [0.717, 1.165) is 24.3 Å². The van der Waals surface area contributed by atoms with E-state index in [1.54, 1.807) is 7.11 Å². The highest BCUT2D eigenvalue weighted by Crippen LogP contribution is 2.36. The van der Waals surface area contributed by atoms with Crippen molar-refractivity contribution < 1.29 is 9.53 Å². The maximum absolute atomic E-state index is 12.2. The number of benzene rings is 1. The summed E-state index contributed by atoms with van der Waals surface area (Å²) in [5.41, 5.74) is 1.19. The summed E-state index contributed by atoms with van der Waals surface area (Å²) in [4.78, 5) is 14.6. The molecule has 2 fully saturated rings. The van der Waals surface area contributed by atoms with Crippen LogP contribution in [0.3, 0.4) is 0 Å². The maximum atomic E-state index is 12.2. The first-order valence-corrected chi connectivity index (χ1v) is 8.83. The lowest BCUT2D eigenvalue weighted by molar-refractivity contribution is -0.124. The Kier molecular flexibility index (Phi) is 5.57. The van der Waals surface area contributed by atoms with Gasteiger partial charge >= 0.3 is 0 Å². The second kappa shape index (κ2) is 7.65. The van der Waals surface area contributed by atoms with Crippen molar-refractivity contribution in [1.29, 1.82) is 0 Å². The van der Waals surface area contributed by atoms with Crippen molar-refractivity contribution in [3.05, 3.63) is 34.9 Å². The van der Waals surface area contributed by atoms with Crippen molar-refractivity contribution in [3.63, 3.8) is 0 Å². The summed E-state index contributed by atoms with van der Waals surface area (Å²) in [6.45, 7) is 1.19. The van der Waals surface area contributed by atoms with Gasteiger partial charge in [-0.2, -0.15) is 0 Å². The lowest BCUT2D eigenvalue weighted by atomic mass is 10.00. The minimum atomic E-state index is 0.131. The Balaban J connectivity index is 1.42. The number of nitrogens with zero attached hydrogens (tertiary/aromatic N) is 1. The average molecular weight is 337 g/mol. The number of methoxy groups -OCH3 is 1. The van der Waals surface area contributed by atoms with E-state index < -0.39 is 0 Å². The molecule has 23 heavy (non-hydrogen) atoms. The molecule has 2 bridgehead atoms. The number of ether oxygens (including phenoxy) is 1. The van der Waals surface area contributed by atoms with Crippen LogP contribution >= 0.6 is 11.6 Å². The van der Waals surface area contributed by atoms with Gasteiger partial charge < -0.3 is 10.1 Å². The van der Waals surface area contributed by atoms with Gasteiger partial charge in [0.15, 0.2) is 0 Å². The van der Waals surface area contributed by atoms with Crippen LogP contribution in [0.15, 0.2) is 24.3 Å². The van der Waals surface area contributed by atoms with Crippen LogP contribution in [0, 0.1) is 0 Å². The van der Waals surface area contributed by atoms with Crippen LogP contribution < -0.4 is 5.32 Å². The molecule has 5 heteroatoms. The smallest absolute Gasteiger partial charge is 0.234 e. The molecule has 1 amide bonds. The number of piperidine rings is 1. The summed E-state index contributed by atoms with van der Waals surface area (Å²) in [5, 5.41) is 3.79. The van der Waals surface area contributed by atoms with Crippen molar-refractivity contribution in [3.8, 4) is 0 Å². The first-order chi connectivity index (χ1) is 11.2. The lowest BCUT2D eigenvalue weighted by Crippen LogP contribution is -2.49. The molecule has 1 aromatic carbocycles. The molecule has 2 heterocycles. The molecule has 0 aromatic heterocycles. The Hall–Kier alpha value is -1.10. The van der Waals surface area contributed by atoms with Gasteiger partial charge in [-0.3, -0.25) is 9.69 Å². The number of carbonyl (C=O) groups is 1. The first kappa shape index (κ1) is 16.7. The zero-order valence-corrected chi connectivity index (χ0v) is 14.4. The van der Waals surface area contributed by atoms with E-state index in [0.29, 0.717) is 31.3 Å². The summed E-state index contributed by atoms with van der Waals surface area (Å²) in [6, 6.07) is 8.81. The van der Waals surface area contributed by atoms with Crippen molar-refractivity contribution >= 4 is 17.5 Å². The lowest BCUT2D eigenvalue weighted by Gasteiger charge is -2.37. The molecule has 2 aliphatic heterocycles. The molecule has 0 radical (unpaired) electrons. The number of hydrogen-bond acceptors (Lipinski definition) is 3. The molecule has 1 N–H and O–H groups in total. The average Bonchev–Trinajstić information content (AvgIpc) is 2.79. The van der Waals surface area contributed by atoms with E-state index in [-0.39, 0.29) is 5.91 Å². The van der Waals surface area contributed by atoms with Gasteiger partial charge in [-0.25, -0.2) is 0 Å². The van der Waals surface area contributed by atoms with E-state index >= 15 is 0 Å². The molecular formula is C18H25ClN2O2. The van der Waals surface area contributed by atoms with Gasteiger partial charge in [0.2, 0.25) is 5.91 Å². The van der Waals surface area contributed by atoms with Crippen LogP contribution in [0.5, 0.6) is 0 Å². The Morgan fingerprint density at radius 3 is 2.52 bits per heavy atom. The Bertz CT molecular complexity index is 520. The number of fused-ring (bicyclic) bond motifs is 2. The summed E-state index contributed by atoms with van der Waals surface area (Å²) >= 11 is 5.87. The van der Waals surface area contributed by atoms with Gasteiger partial charge in [-0.1, -0.05) is 23.7 Å². The molecule has 0 saturated carbocycles. The standard InChI is InChI=1S/C18H25ClN2O2/c1-23-17-10-15-6-7-16(11-17)21(15)12-18(22)20-9-8-13-2-4-14(19)5-3-13/h2-5,15-17H,6-12H2,1H3,(H,20,22)/t15-,16+,17?. The van der Waals surface area contributed by atoms with Crippen LogP contribution in [-0.2, 0) is 16.0 Å². The molecule has 126 valence electrons. The van der Waals surface area contributed by atoms with Gasteiger partial charge in [0.1, 0.15) is 0 Å². The van der Waals surface area contributed by atoms with Crippen LogP contribution in [0.2, 0.25) is 5.02 Å². The number of halogens is 1. The number of nitrogens with one attached hydrogen (secondary N) is 1. The summed E-state index contributed by atoms with van der Waals surface area (Å²) in [7, 11) is 1.79. The Labute approximate surface area is 143 Å². The van der Waals surface area contributed by atoms with Crippen LogP contribution in [0.1, 0.15) is 31.2 Å². The van der Waals surface area contributed by atoms with Gasteiger partial charge in [-0.15, -0.1) is 0 Å². The van der Waals surface area contributed by atoms with E-state index in [1.165, 1.54) is 18.4 Å². The summed E-state index contributed by atoms with van der Waals surface area (Å²) < 4.78 is 5.51. The van der Waals surface area contributed by atoms with Gasteiger partial charge in [0.05, 0.1) is 12.6 Å². The maximum Gasteiger partial charge on any atom is 0.234 e. The number of hydrogen-bond donors (Lipinski definition) is 1. The van der Waals surface area contributed by atoms with Gasteiger partial charge in [0.25, 0.3) is 0 Å². The molecule has 4 nitrogen and oxygen atoms in total. The Morgan fingerprint density at radius 1 is 1.26 bits per heavy atom. The largest absolute Gasteiger partial charge is 0.381 e. The molecule has 0 aliphatic carbocycles. The molecular weight excluding hydrogens is 312 g/mol. The monoisotopic (exact) mass is 336 g/mol. The third-order valence-corrected chi connectivity index (χ3v) is 5.40. The number of amides is 1. The predicted octanol–water partition coefficient (Wildman–Crippen LogP) is 2.64. The fourth-order valence-corrected chi connectivity index (χ4v) is 4.02. The number of rotatable bonds is 6. The molecule has 2 saturated heterocycles. The molecule has 1 unspecified atom stereocenters. The minimum absolute atomic E-state index is 0.131. The van der Waals surface area contributed by atoms with Crippen LogP contribution in [0.25, 0.3) is 0 Å². The van der Waals surface area contributed by atoms with E-state index in [2.05, 4.69) is 10.2 Å². The van der Waals surface area contributed by atoms with Crippen molar-refractivity contribution in [2.45, 2.75) is 50.3 Å². The van der Waals surface area contributed by atoms with E-state index in [9.17, 15) is 4.79 Å². The number of carbonyl (C=O) groups excluding carboxylic acids is 1. The SMILES string of the molecule is COC1C[C@H]2CC[C@@H](C1)N2CC(=O)NCCc1ccc(Cl)cc1. The molecule has 3 atom stereocenters. The van der Waals surface area contributed by atoms with Crippen molar-refractivity contribution in [1.82, 2.24) is 10.2 Å². The first-order valence-electron chi connectivity index (χ1n) is 8.45. The van der Waals surface area contributed by atoms with E-state index in [4.69, 9.17) is 16.3 Å². The van der Waals surface area contributed by atoms with Crippen LogP contribution in [0.4, 0.5) is 0 Å². The van der Waals surface area contributed by atoms with E-state index in [1.807, 2.05) is 24.3 Å². The quantitative estimate of drug-likeness (QED) is 0.868. The van der Waals surface area contributed by atoms with Crippen LogP contribution in [-0.4, -0.2) is 49.2 Å². The van der Waals surface area contributed by atoms with Gasteiger partial charge in [-0.05, 0) is 49.8 Å². The normalized spacial score (nSPS) is 27.1. The fourth-order valence-electron chi connectivity index (χ4n) is 3.89. The predicted molar refractivity (Wildman–Crippen MR) is 91.7 cm³/mol. The fraction of sp³-hybridized carbons (Fsp3) is 0.611. The second-order valence-electron chi connectivity index (χ2n) is 6.61. The topological polar surface area (TPSA) is 41.6 Å². The highest BCUT2D eigenvalue weighted by molar-refractivity contribution is 6.30. The summed E-state index contributed by atoms with van der Waals surface area (Å²) in [6.07, 6.45) is 5.72. The molecule has 2 aliphatic rings. The highest BCUT2D eigenvalue weighted by Gasteiger charge is 2.41. The molecule has 0 spiro atoms. The van der Waals surface area contributed by atoms with Gasteiger partial charge in [0, 0.05) is 30.8 Å². The second-order valence-corrected chi connectivity index (χ2v) is 7.05. The van der Waals surface area contributed by atoms with Crippen molar-refractivity contribution in [2.75, 3.05) is 20.2 Å². The zero-order chi connectivity index (χ0) is 16.2. The zero-order valence-electron chi connectivity index (χ0n) is 13.6. The minimum Gasteiger partial charge on any atom is -0.381 e. The molecule has 3 rings (SSSR count).